The van der Waals surface area contributed by atoms with Crippen molar-refractivity contribution < 1.29 is 5.11 Å². The number of nitrogens with one attached hydrogen (secondary N) is 1. The molecule has 2 atom stereocenters. The normalized spacial score (nSPS) is 20.2. The number of nitrogens with zero attached hydrogens (tertiary/aromatic N) is 1. The summed E-state index contributed by atoms with van der Waals surface area (Å²) in [6.07, 6.45) is 3.46. The van der Waals surface area contributed by atoms with Gasteiger partial charge in [0.2, 0.25) is 0 Å². The maximum absolute atomic E-state index is 9.53. The van der Waals surface area contributed by atoms with Gasteiger partial charge in [-0.1, -0.05) is 25.1 Å². The fraction of sp³-hybridized carbons (Fsp3) is 0.625. The third-order valence-electron chi connectivity index (χ3n) is 3.99. The van der Waals surface area contributed by atoms with Gasteiger partial charge in [-0.25, -0.2) is 0 Å². The molecular weight excluding hydrogens is 236 g/mol. The number of hydrogen-bond acceptors (Lipinski definition) is 3. The van der Waals surface area contributed by atoms with E-state index in [-0.39, 0.29) is 12.6 Å². The summed E-state index contributed by atoms with van der Waals surface area (Å²) in [7, 11) is 0. The molecule has 0 bridgehead atoms. The molecule has 2 unspecified atom stereocenters. The first kappa shape index (κ1) is 14.4. The van der Waals surface area contributed by atoms with Gasteiger partial charge in [-0.05, 0) is 44.4 Å². The molecule has 0 radical (unpaired) electrons. The smallest absolute Gasteiger partial charge is 0.0601 e. The lowest BCUT2D eigenvalue weighted by molar-refractivity contribution is 0.241. The molecule has 0 saturated carbocycles. The molecule has 0 saturated heterocycles. The van der Waals surface area contributed by atoms with Gasteiger partial charge in [-0.2, -0.15) is 0 Å². The second-order valence-corrected chi connectivity index (χ2v) is 5.50. The number of benzene rings is 1. The van der Waals surface area contributed by atoms with E-state index in [2.05, 4.69) is 48.3 Å². The van der Waals surface area contributed by atoms with Crippen molar-refractivity contribution in [3.05, 3.63) is 29.8 Å². The molecule has 19 heavy (non-hydrogen) atoms. The van der Waals surface area contributed by atoms with Crippen LogP contribution in [0.15, 0.2) is 24.3 Å². The summed E-state index contributed by atoms with van der Waals surface area (Å²) in [5, 5.41) is 13.0. The van der Waals surface area contributed by atoms with Crippen LogP contribution in [0.1, 0.15) is 32.3 Å². The highest BCUT2D eigenvalue weighted by atomic mass is 16.3. The summed E-state index contributed by atoms with van der Waals surface area (Å²) in [5.74, 6) is 0. The Morgan fingerprint density at radius 1 is 1.42 bits per heavy atom. The van der Waals surface area contributed by atoms with E-state index in [4.69, 9.17) is 0 Å². The topological polar surface area (TPSA) is 35.5 Å². The van der Waals surface area contributed by atoms with Crippen LogP contribution in [0.3, 0.4) is 0 Å². The Labute approximate surface area is 116 Å². The van der Waals surface area contributed by atoms with E-state index in [1.54, 1.807) is 0 Å². The summed E-state index contributed by atoms with van der Waals surface area (Å²) >= 11 is 0. The molecule has 3 heteroatoms. The van der Waals surface area contributed by atoms with E-state index in [1.165, 1.54) is 24.1 Å². The lowest BCUT2D eigenvalue weighted by Crippen LogP contribution is -2.48. The second kappa shape index (κ2) is 6.92. The zero-order valence-electron chi connectivity index (χ0n) is 12.1. The number of hydrogen-bond donors (Lipinski definition) is 2. The molecule has 0 amide bonds. The van der Waals surface area contributed by atoms with Crippen molar-refractivity contribution in [3.63, 3.8) is 0 Å². The highest BCUT2D eigenvalue weighted by molar-refractivity contribution is 5.56. The summed E-state index contributed by atoms with van der Waals surface area (Å²) in [5.41, 5.74) is 2.78. The SMILES string of the molecule is CCCNC(CO)CN1c2ccccc2CCC1C. The Morgan fingerprint density at radius 3 is 2.95 bits per heavy atom. The Balaban J connectivity index is 2.09. The van der Waals surface area contributed by atoms with Gasteiger partial charge in [-0.15, -0.1) is 0 Å². The van der Waals surface area contributed by atoms with Crippen LogP contribution in [-0.2, 0) is 6.42 Å². The molecule has 0 spiro atoms. The van der Waals surface area contributed by atoms with Gasteiger partial charge in [0.15, 0.2) is 0 Å². The molecule has 0 aromatic heterocycles. The number of aliphatic hydroxyl groups excluding tert-OH is 1. The fourth-order valence-corrected chi connectivity index (χ4v) is 2.81. The second-order valence-electron chi connectivity index (χ2n) is 5.50. The molecule has 0 aliphatic carbocycles. The van der Waals surface area contributed by atoms with Crippen LogP contribution in [0.2, 0.25) is 0 Å². The van der Waals surface area contributed by atoms with Gasteiger partial charge in [0.1, 0.15) is 0 Å². The van der Waals surface area contributed by atoms with Crippen molar-refractivity contribution >= 4 is 5.69 Å². The summed E-state index contributed by atoms with van der Waals surface area (Å²) < 4.78 is 0. The average molecular weight is 262 g/mol. The molecule has 1 heterocycles. The van der Waals surface area contributed by atoms with E-state index in [9.17, 15) is 5.11 Å². The minimum atomic E-state index is 0.161. The maximum atomic E-state index is 9.53. The molecule has 0 fully saturated rings. The lowest BCUT2D eigenvalue weighted by Gasteiger charge is -2.39. The number of fused-ring (bicyclic) bond motifs is 1. The van der Waals surface area contributed by atoms with Crippen LogP contribution in [0.25, 0.3) is 0 Å². The molecule has 2 rings (SSSR count). The molecule has 106 valence electrons. The predicted octanol–water partition coefficient (Wildman–Crippen LogP) is 2.19. The van der Waals surface area contributed by atoms with E-state index in [0.29, 0.717) is 6.04 Å². The maximum Gasteiger partial charge on any atom is 0.0601 e. The van der Waals surface area contributed by atoms with Crippen molar-refractivity contribution in [1.29, 1.82) is 0 Å². The highest BCUT2D eigenvalue weighted by Crippen LogP contribution is 2.30. The number of para-hydroxylation sites is 1. The van der Waals surface area contributed by atoms with Gasteiger partial charge >= 0.3 is 0 Å². The van der Waals surface area contributed by atoms with Crippen molar-refractivity contribution in [3.8, 4) is 0 Å². The summed E-state index contributed by atoms with van der Waals surface area (Å²) in [4.78, 5) is 2.45. The number of aryl methyl sites for hydroxylation is 1. The Kier molecular flexibility index (Phi) is 5.23. The lowest BCUT2D eigenvalue weighted by atomic mass is 9.96. The van der Waals surface area contributed by atoms with Crippen LogP contribution in [0.4, 0.5) is 5.69 Å². The first-order valence-electron chi connectivity index (χ1n) is 7.45. The number of anilines is 1. The average Bonchev–Trinajstić information content (AvgIpc) is 2.45. The third-order valence-corrected chi connectivity index (χ3v) is 3.99. The Morgan fingerprint density at radius 2 is 2.21 bits per heavy atom. The van der Waals surface area contributed by atoms with Crippen molar-refractivity contribution in [2.24, 2.45) is 0 Å². The predicted molar refractivity (Wildman–Crippen MR) is 80.7 cm³/mol. The van der Waals surface area contributed by atoms with Crippen molar-refractivity contribution in [1.82, 2.24) is 5.32 Å². The van der Waals surface area contributed by atoms with Crippen LogP contribution in [0, 0.1) is 0 Å². The largest absolute Gasteiger partial charge is 0.395 e. The minimum Gasteiger partial charge on any atom is -0.395 e. The molecule has 1 aliphatic heterocycles. The van der Waals surface area contributed by atoms with Gasteiger partial charge in [-0.3, -0.25) is 0 Å². The Hall–Kier alpha value is -1.06. The highest BCUT2D eigenvalue weighted by Gasteiger charge is 2.24. The van der Waals surface area contributed by atoms with Crippen LogP contribution < -0.4 is 10.2 Å². The zero-order valence-corrected chi connectivity index (χ0v) is 12.1. The number of rotatable bonds is 6. The standard InChI is InChI=1S/C16H26N2O/c1-3-10-17-15(12-19)11-18-13(2)8-9-14-6-4-5-7-16(14)18/h4-7,13,15,17,19H,3,8-12H2,1-2H3. The Bertz CT molecular complexity index is 394. The molecule has 2 N–H and O–H groups in total. The van der Waals surface area contributed by atoms with Gasteiger partial charge in [0.05, 0.1) is 6.61 Å². The van der Waals surface area contributed by atoms with Crippen molar-refractivity contribution in [2.75, 3.05) is 24.6 Å². The molecule has 1 aromatic rings. The van der Waals surface area contributed by atoms with Crippen LogP contribution in [-0.4, -0.2) is 36.9 Å². The van der Waals surface area contributed by atoms with Gasteiger partial charge in [0.25, 0.3) is 0 Å². The third kappa shape index (κ3) is 3.48. The monoisotopic (exact) mass is 262 g/mol. The van der Waals surface area contributed by atoms with E-state index in [1.807, 2.05) is 0 Å². The van der Waals surface area contributed by atoms with E-state index < -0.39 is 0 Å². The fourth-order valence-electron chi connectivity index (χ4n) is 2.81. The van der Waals surface area contributed by atoms with Crippen LogP contribution >= 0.6 is 0 Å². The van der Waals surface area contributed by atoms with E-state index >= 15 is 0 Å². The molecular formula is C16H26N2O. The van der Waals surface area contributed by atoms with Crippen molar-refractivity contribution in [2.45, 2.75) is 45.2 Å². The number of aliphatic hydroxyl groups is 1. The first-order valence-corrected chi connectivity index (χ1v) is 7.45. The minimum absolute atomic E-state index is 0.161. The molecule has 1 aliphatic rings. The molecule has 3 nitrogen and oxygen atoms in total. The van der Waals surface area contributed by atoms with Gasteiger partial charge < -0.3 is 15.3 Å². The van der Waals surface area contributed by atoms with Gasteiger partial charge in [0, 0.05) is 24.3 Å². The summed E-state index contributed by atoms with van der Waals surface area (Å²) in [6, 6.07) is 9.37. The van der Waals surface area contributed by atoms with Crippen LogP contribution in [0.5, 0.6) is 0 Å². The molecule has 1 aromatic carbocycles. The van der Waals surface area contributed by atoms with E-state index in [0.717, 1.165) is 19.5 Å². The summed E-state index contributed by atoms with van der Waals surface area (Å²) in [6.45, 7) is 6.49. The zero-order chi connectivity index (χ0) is 13.7. The first-order chi connectivity index (χ1) is 9.26. The quantitative estimate of drug-likeness (QED) is 0.825.